The van der Waals surface area contributed by atoms with Gasteiger partial charge in [0, 0.05) is 17.8 Å². The van der Waals surface area contributed by atoms with Crippen LogP contribution in [0.2, 0.25) is 0 Å². The summed E-state index contributed by atoms with van der Waals surface area (Å²) in [4.78, 5) is 3.66. The Labute approximate surface area is 62.8 Å². The maximum absolute atomic E-state index is 11.6. The van der Waals surface area contributed by atoms with Crippen molar-refractivity contribution in [2.45, 2.75) is 13.5 Å². The van der Waals surface area contributed by atoms with Gasteiger partial charge in [0.25, 0.3) is 0 Å². The zero-order valence-corrected chi connectivity index (χ0v) is 5.84. The highest BCUT2D eigenvalue weighted by molar-refractivity contribution is 5.13. The maximum Gasteiger partial charge on any atom is 0.388 e. The number of hydrogen-bond donors (Lipinski definition) is 0. The third kappa shape index (κ3) is 2.49. The third-order valence-electron chi connectivity index (χ3n) is 1.01. The van der Waals surface area contributed by atoms with Crippen LogP contribution in [0.4, 0.5) is 8.78 Å². The number of rotatable bonds is 2. The Bertz CT molecular complexity index is 240. The molecule has 0 atom stereocenters. The zero-order valence-electron chi connectivity index (χ0n) is 5.84. The molecule has 0 saturated heterocycles. The number of aromatic nitrogens is 1. The SMILES string of the molecule is Cc1[c]ccc(OC(F)F)n1. The molecule has 1 radical (unpaired) electrons. The molecule has 0 aliphatic carbocycles. The summed E-state index contributed by atoms with van der Waals surface area (Å²) < 4.78 is 27.2. The molecule has 1 aromatic heterocycles. The van der Waals surface area contributed by atoms with Gasteiger partial charge in [-0.25, -0.2) is 4.98 Å². The number of aryl methyl sites for hydroxylation is 1. The van der Waals surface area contributed by atoms with Crippen LogP contribution in [-0.2, 0) is 0 Å². The Balaban J connectivity index is 2.71. The quantitative estimate of drug-likeness (QED) is 0.654. The first-order chi connectivity index (χ1) is 5.18. The molecule has 0 unspecified atom stereocenters. The summed E-state index contributed by atoms with van der Waals surface area (Å²) in [6, 6.07) is 5.53. The second-order valence-electron chi connectivity index (χ2n) is 1.89. The van der Waals surface area contributed by atoms with Crippen LogP contribution in [0.5, 0.6) is 5.88 Å². The van der Waals surface area contributed by atoms with Gasteiger partial charge in [0.05, 0.1) is 0 Å². The van der Waals surface area contributed by atoms with E-state index >= 15 is 0 Å². The van der Waals surface area contributed by atoms with E-state index in [9.17, 15) is 8.78 Å². The largest absolute Gasteiger partial charge is 0.417 e. The summed E-state index contributed by atoms with van der Waals surface area (Å²) in [5, 5.41) is 0. The molecule has 0 amide bonds. The molecule has 0 bridgehead atoms. The zero-order chi connectivity index (χ0) is 8.27. The lowest BCUT2D eigenvalue weighted by atomic mass is 10.4. The molecule has 59 valence electrons. The summed E-state index contributed by atoms with van der Waals surface area (Å²) in [5.74, 6) is -0.0729. The molecule has 0 N–H and O–H groups in total. The van der Waals surface area contributed by atoms with Crippen LogP contribution in [0.3, 0.4) is 0 Å². The Morgan fingerprint density at radius 1 is 1.64 bits per heavy atom. The van der Waals surface area contributed by atoms with E-state index in [-0.39, 0.29) is 5.88 Å². The van der Waals surface area contributed by atoms with Gasteiger partial charge in [0.2, 0.25) is 5.88 Å². The average Bonchev–Trinajstić information content (AvgIpc) is 1.85. The van der Waals surface area contributed by atoms with Crippen molar-refractivity contribution < 1.29 is 13.5 Å². The number of pyridine rings is 1. The van der Waals surface area contributed by atoms with Crippen molar-refractivity contribution in [1.29, 1.82) is 0 Å². The summed E-state index contributed by atoms with van der Waals surface area (Å²) in [6.45, 7) is -1.16. The van der Waals surface area contributed by atoms with Gasteiger partial charge in [-0.15, -0.1) is 0 Å². The molecule has 0 spiro atoms. The molecule has 0 aromatic carbocycles. The Kier molecular flexibility index (Phi) is 2.36. The van der Waals surface area contributed by atoms with E-state index in [2.05, 4.69) is 15.8 Å². The smallest absolute Gasteiger partial charge is 0.388 e. The van der Waals surface area contributed by atoms with E-state index in [0.717, 1.165) is 0 Å². The number of alkyl halides is 2. The minimum Gasteiger partial charge on any atom is -0.417 e. The standard InChI is InChI=1S/C7H6F2NO/c1-5-3-2-4-6(10-5)11-7(8)9/h2,4,7H,1H3. The molecule has 0 aliphatic heterocycles. The number of hydrogen-bond acceptors (Lipinski definition) is 2. The Morgan fingerprint density at radius 2 is 2.36 bits per heavy atom. The first-order valence-electron chi connectivity index (χ1n) is 2.98. The monoisotopic (exact) mass is 158 g/mol. The highest BCUT2D eigenvalue weighted by atomic mass is 19.3. The van der Waals surface area contributed by atoms with E-state index in [1.807, 2.05) is 0 Å². The van der Waals surface area contributed by atoms with Crippen LogP contribution in [0.25, 0.3) is 0 Å². The van der Waals surface area contributed by atoms with Gasteiger partial charge in [-0.05, 0) is 13.0 Å². The predicted molar refractivity (Wildman–Crippen MR) is 34.4 cm³/mol. The fourth-order valence-corrected chi connectivity index (χ4v) is 0.625. The van der Waals surface area contributed by atoms with Gasteiger partial charge in [0.1, 0.15) is 0 Å². The lowest BCUT2D eigenvalue weighted by molar-refractivity contribution is -0.0529. The van der Waals surface area contributed by atoms with E-state index in [1.165, 1.54) is 12.1 Å². The van der Waals surface area contributed by atoms with Crippen LogP contribution in [-0.4, -0.2) is 11.6 Å². The van der Waals surface area contributed by atoms with Crippen molar-refractivity contribution in [3.8, 4) is 5.88 Å². The van der Waals surface area contributed by atoms with Gasteiger partial charge >= 0.3 is 6.61 Å². The summed E-state index contributed by atoms with van der Waals surface area (Å²) in [5.41, 5.74) is 0.531. The van der Waals surface area contributed by atoms with Gasteiger partial charge in [0.15, 0.2) is 0 Å². The van der Waals surface area contributed by atoms with Crippen molar-refractivity contribution in [3.63, 3.8) is 0 Å². The summed E-state index contributed by atoms with van der Waals surface area (Å²) >= 11 is 0. The van der Waals surface area contributed by atoms with Gasteiger partial charge in [-0.3, -0.25) is 0 Å². The fraction of sp³-hybridized carbons (Fsp3) is 0.286. The Hall–Kier alpha value is -1.19. The third-order valence-corrected chi connectivity index (χ3v) is 1.01. The van der Waals surface area contributed by atoms with E-state index < -0.39 is 6.61 Å². The topological polar surface area (TPSA) is 22.1 Å². The van der Waals surface area contributed by atoms with E-state index in [0.29, 0.717) is 5.69 Å². The summed E-state index contributed by atoms with van der Waals surface area (Å²) in [6.07, 6.45) is 0. The maximum atomic E-state index is 11.6. The van der Waals surface area contributed by atoms with Crippen molar-refractivity contribution in [2.75, 3.05) is 0 Å². The lowest BCUT2D eigenvalue weighted by Crippen LogP contribution is -2.03. The molecular formula is C7H6F2NO. The molecular weight excluding hydrogens is 152 g/mol. The Morgan fingerprint density at radius 3 is 2.91 bits per heavy atom. The van der Waals surface area contributed by atoms with Gasteiger partial charge < -0.3 is 4.74 Å². The van der Waals surface area contributed by atoms with Crippen molar-refractivity contribution in [1.82, 2.24) is 4.98 Å². The second-order valence-corrected chi connectivity index (χ2v) is 1.89. The van der Waals surface area contributed by atoms with Gasteiger partial charge in [-0.2, -0.15) is 8.78 Å². The molecule has 0 aliphatic rings. The molecule has 1 heterocycles. The minimum atomic E-state index is -2.82. The number of halogens is 2. The first kappa shape index (κ1) is 7.91. The van der Waals surface area contributed by atoms with Crippen LogP contribution >= 0.6 is 0 Å². The fourth-order valence-electron chi connectivity index (χ4n) is 0.625. The van der Waals surface area contributed by atoms with Crippen LogP contribution in [0, 0.1) is 13.0 Å². The first-order valence-corrected chi connectivity index (χ1v) is 2.98. The van der Waals surface area contributed by atoms with Crippen molar-refractivity contribution in [2.24, 2.45) is 0 Å². The molecule has 4 heteroatoms. The van der Waals surface area contributed by atoms with E-state index in [1.54, 1.807) is 6.92 Å². The number of ether oxygens (including phenoxy) is 1. The van der Waals surface area contributed by atoms with Gasteiger partial charge in [-0.1, -0.05) is 0 Å². The minimum absolute atomic E-state index is 0.0729. The number of nitrogens with zero attached hydrogens (tertiary/aromatic N) is 1. The predicted octanol–water partition coefficient (Wildman–Crippen LogP) is 1.79. The van der Waals surface area contributed by atoms with Crippen molar-refractivity contribution in [3.05, 3.63) is 23.9 Å². The van der Waals surface area contributed by atoms with Crippen LogP contribution in [0.1, 0.15) is 5.69 Å². The van der Waals surface area contributed by atoms with E-state index in [4.69, 9.17) is 0 Å². The average molecular weight is 158 g/mol. The lowest BCUT2D eigenvalue weighted by Gasteiger charge is -2.01. The second kappa shape index (κ2) is 3.27. The molecule has 11 heavy (non-hydrogen) atoms. The molecule has 0 fully saturated rings. The van der Waals surface area contributed by atoms with Crippen LogP contribution in [0.15, 0.2) is 12.1 Å². The molecule has 1 rings (SSSR count). The van der Waals surface area contributed by atoms with Crippen LogP contribution < -0.4 is 4.74 Å². The highest BCUT2D eigenvalue weighted by Crippen LogP contribution is 2.09. The highest BCUT2D eigenvalue weighted by Gasteiger charge is 2.03. The molecule has 2 nitrogen and oxygen atoms in total. The van der Waals surface area contributed by atoms with Crippen molar-refractivity contribution >= 4 is 0 Å². The normalized spacial score (nSPS) is 10.2. The molecule has 1 aromatic rings. The summed E-state index contributed by atoms with van der Waals surface area (Å²) in [7, 11) is 0. The molecule has 0 saturated carbocycles.